The molecule has 5 heteroatoms. The number of rotatable bonds is 11. The van der Waals surface area contributed by atoms with Gasteiger partial charge in [0, 0.05) is 25.7 Å². The topological polar surface area (TPSA) is 56.1 Å². The highest BCUT2D eigenvalue weighted by atomic mass is 16.5. The maximum Gasteiger partial charge on any atom is 0.240 e. The Balaban J connectivity index is 1.79. The molecule has 0 aliphatic rings. The van der Waals surface area contributed by atoms with E-state index in [0.717, 1.165) is 29.7 Å². The molecule has 0 aliphatic heterocycles. The predicted octanol–water partition coefficient (Wildman–Crippen LogP) is 4.93. The predicted molar refractivity (Wildman–Crippen MR) is 126 cm³/mol. The van der Waals surface area contributed by atoms with Crippen molar-refractivity contribution in [2.24, 2.45) is 5.92 Å². The van der Waals surface area contributed by atoms with E-state index in [-0.39, 0.29) is 18.4 Å². The lowest BCUT2D eigenvalue weighted by Crippen LogP contribution is -2.29. The van der Waals surface area contributed by atoms with Crippen LogP contribution in [0.25, 0.3) is 11.0 Å². The Morgan fingerprint density at radius 2 is 1.84 bits per heavy atom. The Morgan fingerprint density at radius 1 is 1.10 bits per heavy atom. The van der Waals surface area contributed by atoms with Gasteiger partial charge in [-0.25, -0.2) is 4.98 Å². The zero-order valence-corrected chi connectivity index (χ0v) is 19.2. The van der Waals surface area contributed by atoms with Gasteiger partial charge in [0.05, 0.1) is 11.0 Å². The van der Waals surface area contributed by atoms with Gasteiger partial charge in [-0.1, -0.05) is 57.2 Å². The molecule has 1 aromatic heterocycles. The summed E-state index contributed by atoms with van der Waals surface area (Å²) in [5.74, 6) is 1.65. The molecule has 0 radical (unpaired) electrons. The summed E-state index contributed by atoms with van der Waals surface area (Å²) in [6.07, 6.45) is 1.90. The number of hydrogen-bond donors (Lipinski definition) is 1. The first-order chi connectivity index (χ1) is 15.0. The summed E-state index contributed by atoms with van der Waals surface area (Å²) in [5.41, 5.74) is 4.47. The smallest absolute Gasteiger partial charge is 0.240 e. The van der Waals surface area contributed by atoms with Crippen molar-refractivity contribution in [2.75, 3.05) is 19.8 Å². The van der Waals surface area contributed by atoms with Crippen molar-refractivity contribution < 1.29 is 9.53 Å². The number of carbonyl (C=O) groups excluding carboxylic acids is 1. The van der Waals surface area contributed by atoms with Crippen molar-refractivity contribution in [3.05, 3.63) is 65.5 Å². The summed E-state index contributed by atoms with van der Waals surface area (Å²) >= 11 is 0. The van der Waals surface area contributed by atoms with E-state index in [2.05, 4.69) is 54.9 Å². The Morgan fingerprint density at radius 3 is 2.55 bits per heavy atom. The second-order valence-corrected chi connectivity index (χ2v) is 8.51. The van der Waals surface area contributed by atoms with Gasteiger partial charge in [0.25, 0.3) is 0 Å². The van der Waals surface area contributed by atoms with Crippen LogP contribution < -0.4 is 5.32 Å². The van der Waals surface area contributed by atoms with Crippen LogP contribution in [0, 0.1) is 5.92 Å². The lowest BCUT2D eigenvalue weighted by Gasteiger charge is -2.16. The second-order valence-electron chi connectivity index (χ2n) is 8.51. The fourth-order valence-corrected chi connectivity index (χ4v) is 3.90. The van der Waals surface area contributed by atoms with Crippen molar-refractivity contribution in [3.8, 4) is 0 Å². The monoisotopic (exact) mass is 421 g/mol. The second kappa shape index (κ2) is 11.1. The molecule has 1 heterocycles. The lowest BCUT2D eigenvalue weighted by molar-refractivity contribution is -0.121. The van der Waals surface area contributed by atoms with E-state index in [1.165, 1.54) is 11.1 Å². The van der Waals surface area contributed by atoms with Crippen LogP contribution in [0.5, 0.6) is 0 Å². The van der Waals surface area contributed by atoms with Crippen molar-refractivity contribution in [1.29, 1.82) is 0 Å². The number of carbonyl (C=O) groups is 1. The third-order valence-corrected chi connectivity index (χ3v) is 5.49. The molecule has 3 aromatic rings. The van der Waals surface area contributed by atoms with Crippen LogP contribution in [-0.4, -0.2) is 35.2 Å². The van der Waals surface area contributed by atoms with E-state index in [4.69, 9.17) is 9.72 Å². The molecule has 166 valence electrons. The third kappa shape index (κ3) is 6.17. The molecule has 2 aromatic carbocycles. The highest BCUT2D eigenvalue weighted by Gasteiger charge is 2.20. The van der Waals surface area contributed by atoms with Crippen LogP contribution in [0.15, 0.2) is 48.5 Å². The highest BCUT2D eigenvalue weighted by molar-refractivity contribution is 5.81. The maximum absolute atomic E-state index is 12.6. The van der Waals surface area contributed by atoms with Crippen LogP contribution >= 0.6 is 0 Å². The molecule has 0 saturated heterocycles. The van der Waals surface area contributed by atoms with Gasteiger partial charge in [0.15, 0.2) is 0 Å². The van der Waals surface area contributed by atoms with Crippen molar-refractivity contribution in [1.82, 2.24) is 14.9 Å². The number of aromatic nitrogens is 2. The molecule has 5 nitrogen and oxygen atoms in total. The first-order valence-electron chi connectivity index (χ1n) is 11.4. The van der Waals surface area contributed by atoms with Gasteiger partial charge in [-0.3, -0.25) is 4.79 Å². The Kier molecular flexibility index (Phi) is 8.24. The standard InChI is InChI=1S/C26H35N3O2/c1-5-31-16-8-15-27-25(30)18-29-24-10-7-6-9-23(24)28-26(29)20(4)22-13-11-21(12-14-22)17-19(2)3/h6-7,9-14,19-20H,5,8,15-18H2,1-4H3,(H,27,30). The zero-order valence-electron chi connectivity index (χ0n) is 19.2. The molecule has 0 fully saturated rings. The summed E-state index contributed by atoms with van der Waals surface area (Å²) < 4.78 is 7.40. The summed E-state index contributed by atoms with van der Waals surface area (Å²) in [6, 6.07) is 16.8. The molecule has 31 heavy (non-hydrogen) atoms. The number of hydrogen-bond acceptors (Lipinski definition) is 3. The summed E-state index contributed by atoms with van der Waals surface area (Å²) in [4.78, 5) is 17.5. The number of benzene rings is 2. The number of fused-ring (bicyclic) bond motifs is 1. The minimum absolute atomic E-state index is 0.000354. The first kappa shape index (κ1) is 23.0. The quantitative estimate of drug-likeness (QED) is 0.447. The molecule has 1 unspecified atom stereocenters. The number of nitrogens with one attached hydrogen (secondary N) is 1. The van der Waals surface area contributed by atoms with E-state index in [9.17, 15) is 4.79 Å². The SMILES string of the molecule is CCOCCCNC(=O)Cn1c(C(C)c2ccc(CC(C)C)cc2)nc2ccccc21. The van der Waals surface area contributed by atoms with Gasteiger partial charge in [0.1, 0.15) is 12.4 Å². The summed E-state index contributed by atoms with van der Waals surface area (Å²) in [6.45, 7) is 10.9. The Hall–Kier alpha value is -2.66. The van der Waals surface area contributed by atoms with E-state index in [0.29, 0.717) is 25.7 Å². The molecule has 0 aliphatic carbocycles. The first-order valence-corrected chi connectivity index (χ1v) is 11.4. The average Bonchev–Trinajstić information content (AvgIpc) is 3.11. The van der Waals surface area contributed by atoms with Gasteiger partial charge in [-0.05, 0) is 48.9 Å². The van der Waals surface area contributed by atoms with E-state index >= 15 is 0 Å². The lowest BCUT2D eigenvalue weighted by atomic mass is 9.96. The van der Waals surface area contributed by atoms with Gasteiger partial charge in [-0.2, -0.15) is 0 Å². The fraction of sp³-hybridized carbons (Fsp3) is 0.462. The molecule has 0 saturated carbocycles. The Bertz CT molecular complexity index is 976. The van der Waals surface area contributed by atoms with Crippen molar-refractivity contribution >= 4 is 16.9 Å². The third-order valence-electron chi connectivity index (χ3n) is 5.49. The zero-order chi connectivity index (χ0) is 22.2. The Labute approximate surface area is 185 Å². The minimum atomic E-state index is 0.000354. The van der Waals surface area contributed by atoms with Crippen LogP contribution in [-0.2, 0) is 22.5 Å². The summed E-state index contributed by atoms with van der Waals surface area (Å²) in [5, 5.41) is 3.01. The summed E-state index contributed by atoms with van der Waals surface area (Å²) in [7, 11) is 0. The van der Waals surface area contributed by atoms with Gasteiger partial charge < -0.3 is 14.6 Å². The molecular formula is C26H35N3O2. The van der Waals surface area contributed by atoms with Crippen molar-refractivity contribution in [3.63, 3.8) is 0 Å². The van der Waals surface area contributed by atoms with E-state index in [1.807, 2.05) is 31.2 Å². The van der Waals surface area contributed by atoms with Crippen molar-refractivity contribution in [2.45, 2.75) is 53.0 Å². The normalized spacial score (nSPS) is 12.4. The van der Waals surface area contributed by atoms with Gasteiger partial charge in [-0.15, -0.1) is 0 Å². The minimum Gasteiger partial charge on any atom is -0.382 e. The highest BCUT2D eigenvalue weighted by Crippen LogP contribution is 2.28. The van der Waals surface area contributed by atoms with E-state index in [1.54, 1.807) is 0 Å². The molecule has 0 bridgehead atoms. The number of ether oxygens (including phenoxy) is 1. The van der Waals surface area contributed by atoms with Crippen LogP contribution in [0.3, 0.4) is 0 Å². The molecule has 1 N–H and O–H groups in total. The molecule has 1 atom stereocenters. The fourth-order valence-electron chi connectivity index (χ4n) is 3.90. The average molecular weight is 422 g/mol. The number of amides is 1. The van der Waals surface area contributed by atoms with Crippen LogP contribution in [0.1, 0.15) is 57.0 Å². The molecule has 3 rings (SSSR count). The number of para-hydroxylation sites is 2. The largest absolute Gasteiger partial charge is 0.382 e. The van der Waals surface area contributed by atoms with Gasteiger partial charge in [0.2, 0.25) is 5.91 Å². The maximum atomic E-state index is 12.6. The number of imidazole rings is 1. The molecule has 0 spiro atoms. The van der Waals surface area contributed by atoms with Gasteiger partial charge >= 0.3 is 0 Å². The van der Waals surface area contributed by atoms with Crippen LogP contribution in [0.2, 0.25) is 0 Å². The van der Waals surface area contributed by atoms with E-state index < -0.39 is 0 Å². The number of nitrogens with zero attached hydrogens (tertiary/aromatic N) is 2. The van der Waals surface area contributed by atoms with Crippen LogP contribution in [0.4, 0.5) is 0 Å². The molecular weight excluding hydrogens is 386 g/mol. The molecule has 1 amide bonds.